The summed E-state index contributed by atoms with van der Waals surface area (Å²) < 4.78 is 72.3. The number of carbonyl (C=O) groups is 4. The van der Waals surface area contributed by atoms with Crippen molar-refractivity contribution in [1.82, 2.24) is 15.6 Å². The fourth-order valence-corrected chi connectivity index (χ4v) is 4.60. The number of pyridine rings is 1. The van der Waals surface area contributed by atoms with Crippen LogP contribution in [0.1, 0.15) is 37.5 Å². The summed E-state index contributed by atoms with van der Waals surface area (Å²) in [5.41, 5.74) is 0.899. The Morgan fingerprint density at radius 1 is 0.894 bits per heavy atom. The molecule has 1 heterocycles. The summed E-state index contributed by atoms with van der Waals surface area (Å²) in [5, 5.41) is 6.51. The van der Waals surface area contributed by atoms with Gasteiger partial charge in [-0.15, -0.1) is 0 Å². The second-order valence-electron chi connectivity index (χ2n) is 10.6. The lowest BCUT2D eigenvalue weighted by Crippen LogP contribution is -2.57. The number of benzene rings is 2. The van der Waals surface area contributed by atoms with Gasteiger partial charge in [0.25, 0.3) is 5.91 Å². The first-order valence-electron chi connectivity index (χ1n) is 13.9. The minimum Gasteiger partial charge on any atom is -0.485 e. The Bertz CT molecular complexity index is 1610. The Labute approximate surface area is 276 Å². The van der Waals surface area contributed by atoms with Crippen molar-refractivity contribution in [3.8, 4) is 5.75 Å². The quantitative estimate of drug-likeness (QED) is 0.138. The summed E-state index contributed by atoms with van der Waals surface area (Å²) >= 11 is 12.2. The maximum absolute atomic E-state index is 14.5. The molecular weight excluding hydrogens is 674 g/mol. The van der Waals surface area contributed by atoms with Gasteiger partial charge in [0, 0.05) is 28.7 Å². The molecule has 0 aliphatic heterocycles. The molecule has 1 unspecified atom stereocenters. The molecule has 3 rings (SSSR count). The van der Waals surface area contributed by atoms with Crippen LogP contribution in [0.5, 0.6) is 5.75 Å². The van der Waals surface area contributed by atoms with E-state index >= 15 is 0 Å². The van der Waals surface area contributed by atoms with E-state index in [4.69, 9.17) is 27.9 Å². The first-order valence-corrected chi connectivity index (χ1v) is 14.7. The Balaban J connectivity index is 1.73. The Kier molecular flexibility index (Phi) is 12.7. The molecule has 0 aliphatic carbocycles. The first kappa shape index (κ1) is 37.2. The molecule has 0 radical (unpaired) electrons. The monoisotopic (exact) mass is 702 g/mol. The standard InChI is InChI=1S/C31H29Cl2F5N4O5/c1-17(2)27(28(45)31(37,38)29(46)40-16-30(34,35)36)42-25(43)11-18-6-3-4-9-23(18)41-26(44)13-24(19-10-21(33)15-39-14-19)47-22-8-5-7-20(32)12-22/h3-10,12,14-15,17,24,27H,11,13,16H2,1-2H3,(H,40,46)(H,41,44)(H,42,43)/t24?,27-/m0/s1. The summed E-state index contributed by atoms with van der Waals surface area (Å²) in [4.78, 5) is 54.5. The van der Waals surface area contributed by atoms with Gasteiger partial charge in [0.2, 0.25) is 17.6 Å². The van der Waals surface area contributed by atoms with Crippen molar-refractivity contribution in [2.75, 3.05) is 11.9 Å². The van der Waals surface area contributed by atoms with Crippen molar-refractivity contribution in [3.05, 3.63) is 88.2 Å². The highest BCUT2D eigenvalue weighted by Crippen LogP contribution is 2.29. The minimum absolute atomic E-state index is 0.183. The normalized spacial score (nSPS) is 13.0. The summed E-state index contributed by atoms with van der Waals surface area (Å²) in [5.74, 6) is -11.5. The molecule has 252 valence electrons. The molecular formula is C31H29Cl2F5N4O5. The average molecular weight is 703 g/mol. The predicted molar refractivity (Wildman–Crippen MR) is 163 cm³/mol. The lowest BCUT2D eigenvalue weighted by molar-refractivity contribution is -0.165. The van der Waals surface area contributed by atoms with E-state index in [1.165, 1.54) is 38.4 Å². The summed E-state index contributed by atoms with van der Waals surface area (Å²) in [6.07, 6.45) is -3.72. The summed E-state index contributed by atoms with van der Waals surface area (Å²) in [6, 6.07) is 12.2. The Morgan fingerprint density at radius 3 is 2.23 bits per heavy atom. The third-order valence-electron chi connectivity index (χ3n) is 6.50. The zero-order valence-electron chi connectivity index (χ0n) is 24.8. The Hall–Kier alpha value is -4.30. The summed E-state index contributed by atoms with van der Waals surface area (Å²) in [6.45, 7) is 0.537. The van der Waals surface area contributed by atoms with Crippen LogP contribution >= 0.6 is 23.2 Å². The third-order valence-corrected chi connectivity index (χ3v) is 6.94. The van der Waals surface area contributed by atoms with Gasteiger partial charge in [-0.2, -0.15) is 22.0 Å². The number of hydrogen-bond acceptors (Lipinski definition) is 6. The molecule has 2 atom stereocenters. The van der Waals surface area contributed by atoms with Crippen LogP contribution in [-0.2, 0) is 25.6 Å². The zero-order valence-corrected chi connectivity index (χ0v) is 26.4. The molecule has 0 spiro atoms. The van der Waals surface area contributed by atoms with Gasteiger partial charge in [-0.3, -0.25) is 24.2 Å². The van der Waals surface area contributed by atoms with Gasteiger partial charge in [0.15, 0.2) is 0 Å². The highest BCUT2D eigenvalue weighted by molar-refractivity contribution is 6.30. The van der Waals surface area contributed by atoms with E-state index in [-0.39, 0.29) is 17.7 Å². The van der Waals surface area contributed by atoms with Gasteiger partial charge in [-0.05, 0) is 41.8 Å². The highest BCUT2D eigenvalue weighted by Gasteiger charge is 2.51. The van der Waals surface area contributed by atoms with Crippen molar-refractivity contribution in [1.29, 1.82) is 0 Å². The smallest absolute Gasteiger partial charge is 0.405 e. The molecule has 47 heavy (non-hydrogen) atoms. The molecule has 16 heteroatoms. The molecule has 3 N–H and O–H groups in total. The van der Waals surface area contributed by atoms with E-state index in [1.54, 1.807) is 42.5 Å². The van der Waals surface area contributed by atoms with E-state index in [0.717, 1.165) is 5.32 Å². The van der Waals surface area contributed by atoms with E-state index in [2.05, 4.69) is 15.6 Å². The van der Waals surface area contributed by atoms with Crippen molar-refractivity contribution >= 4 is 52.4 Å². The van der Waals surface area contributed by atoms with E-state index in [1.807, 2.05) is 0 Å². The topological polar surface area (TPSA) is 126 Å². The zero-order chi connectivity index (χ0) is 34.9. The van der Waals surface area contributed by atoms with E-state index < -0.39 is 66.6 Å². The number of aromatic nitrogens is 1. The van der Waals surface area contributed by atoms with Crippen molar-refractivity contribution < 1.29 is 45.9 Å². The number of nitrogens with one attached hydrogen (secondary N) is 3. The minimum atomic E-state index is -4.99. The number of hydrogen-bond donors (Lipinski definition) is 3. The molecule has 1 aromatic heterocycles. The molecule has 0 fully saturated rings. The number of para-hydroxylation sites is 1. The van der Waals surface area contributed by atoms with Gasteiger partial charge >= 0.3 is 12.1 Å². The fraction of sp³-hybridized carbons (Fsp3) is 0.323. The average Bonchev–Trinajstić information content (AvgIpc) is 2.98. The number of anilines is 1. The predicted octanol–water partition coefficient (Wildman–Crippen LogP) is 6.10. The van der Waals surface area contributed by atoms with Gasteiger partial charge in [0.1, 0.15) is 18.4 Å². The van der Waals surface area contributed by atoms with Gasteiger partial charge in [0.05, 0.1) is 23.9 Å². The largest absolute Gasteiger partial charge is 0.485 e. The van der Waals surface area contributed by atoms with Gasteiger partial charge < -0.3 is 20.7 Å². The van der Waals surface area contributed by atoms with Gasteiger partial charge in [-0.25, -0.2) is 0 Å². The van der Waals surface area contributed by atoms with Crippen molar-refractivity contribution in [3.63, 3.8) is 0 Å². The van der Waals surface area contributed by atoms with Crippen LogP contribution in [0, 0.1) is 5.92 Å². The molecule has 0 saturated carbocycles. The molecule has 9 nitrogen and oxygen atoms in total. The van der Waals surface area contributed by atoms with E-state index in [9.17, 15) is 41.1 Å². The molecule has 0 aliphatic rings. The second kappa shape index (κ2) is 16.0. The lowest BCUT2D eigenvalue weighted by atomic mass is 9.95. The number of halogens is 7. The third kappa shape index (κ3) is 11.2. The number of nitrogens with zero attached hydrogens (tertiary/aromatic N) is 1. The van der Waals surface area contributed by atoms with Crippen LogP contribution in [-0.4, -0.2) is 53.2 Å². The highest BCUT2D eigenvalue weighted by atomic mass is 35.5. The number of Topliss-reactive ketones (excluding diaryl/α,β-unsaturated/α-hetero) is 1. The van der Waals surface area contributed by atoms with Crippen molar-refractivity contribution in [2.45, 2.75) is 50.9 Å². The van der Waals surface area contributed by atoms with Crippen LogP contribution in [0.15, 0.2) is 67.0 Å². The number of alkyl halides is 5. The maximum Gasteiger partial charge on any atom is 0.405 e. The van der Waals surface area contributed by atoms with E-state index in [0.29, 0.717) is 21.4 Å². The molecule has 0 bridgehead atoms. The van der Waals surface area contributed by atoms with Crippen LogP contribution in [0.2, 0.25) is 10.0 Å². The van der Waals surface area contributed by atoms with Crippen LogP contribution < -0.4 is 20.7 Å². The Morgan fingerprint density at radius 2 is 1.60 bits per heavy atom. The molecule has 3 aromatic rings. The van der Waals surface area contributed by atoms with Crippen LogP contribution in [0.25, 0.3) is 0 Å². The molecule has 3 amide bonds. The fourth-order valence-electron chi connectivity index (χ4n) is 4.23. The number of ketones is 1. The molecule has 0 saturated heterocycles. The molecule has 2 aromatic carbocycles. The number of carbonyl (C=O) groups excluding carboxylic acids is 4. The lowest BCUT2D eigenvalue weighted by Gasteiger charge is -2.25. The summed E-state index contributed by atoms with van der Waals surface area (Å²) in [7, 11) is 0. The first-order chi connectivity index (χ1) is 22.0. The maximum atomic E-state index is 14.5. The van der Waals surface area contributed by atoms with Crippen LogP contribution in [0.3, 0.4) is 0 Å². The second-order valence-corrected chi connectivity index (χ2v) is 11.5. The SMILES string of the molecule is CC(C)[C@H](NC(=O)Cc1ccccc1NC(=O)CC(Oc1cccc(Cl)c1)c1cncc(Cl)c1)C(=O)C(F)(F)C(=O)NCC(F)(F)F. The van der Waals surface area contributed by atoms with Crippen LogP contribution in [0.4, 0.5) is 27.6 Å². The number of ether oxygens (including phenoxy) is 1. The number of rotatable bonds is 14. The van der Waals surface area contributed by atoms with Crippen molar-refractivity contribution in [2.24, 2.45) is 5.92 Å². The van der Waals surface area contributed by atoms with Gasteiger partial charge in [-0.1, -0.05) is 61.3 Å². The number of amides is 3.